The number of hydrogen-bond donors (Lipinski definition) is 0. The Labute approximate surface area is 141 Å². The van der Waals surface area contributed by atoms with E-state index in [2.05, 4.69) is 20.1 Å². The quantitative estimate of drug-likeness (QED) is 0.516. The van der Waals surface area contributed by atoms with Crippen LogP contribution in [0, 0.1) is 0 Å². The number of carbonyl (C=O) groups is 1. The van der Waals surface area contributed by atoms with Crippen LogP contribution in [-0.2, 0) is 24.0 Å². The summed E-state index contributed by atoms with van der Waals surface area (Å²) < 4.78 is 1.73. The third-order valence-corrected chi connectivity index (χ3v) is 5.19. The summed E-state index contributed by atoms with van der Waals surface area (Å²) in [7, 11) is 5.36. The third kappa shape index (κ3) is 3.50. The second-order valence-electron chi connectivity index (χ2n) is 5.17. The zero-order valence-corrected chi connectivity index (χ0v) is 14.7. The first kappa shape index (κ1) is 15.9. The zero-order chi connectivity index (χ0) is 16.4. The average molecular weight is 348 g/mol. The lowest BCUT2D eigenvalue weighted by molar-refractivity contribution is -0.127. The molecule has 9 heteroatoms. The van der Waals surface area contributed by atoms with E-state index < -0.39 is 0 Å². The van der Waals surface area contributed by atoms with Crippen LogP contribution >= 0.6 is 23.1 Å². The minimum Gasteiger partial charge on any atom is -0.348 e. The molecule has 3 aromatic heterocycles. The number of thioether (sulfide) groups is 1. The molecule has 0 aromatic carbocycles. The molecule has 0 N–H and O–H groups in total. The smallest absolute Gasteiger partial charge is 0.228 e. The van der Waals surface area contributed by atoms with Crippen LogP contribution in [0.3, 0.4) is 0 Å². The molecular weight excluding hydrogens is 332 g/mol. The highest BCUT2D eigenvalue weighted by Crippen LogP contribution is 2.27. The van der Waals surface area contributed by atoms with Gasteiger partial charge in [0.1, 0.15) is 16.4 Å². The summed E-state index contributed by atoms with van der Waals surface area (Å²) in [4.78, 5) is 26.4. The number of thiazole rings is 1. The highest BCUT2D eigenvalue weighted by atomic mass is 32.2. The van der Waals surface area contributed by atoms with Crippen molar-refractivity contribution in [1.29, 1.82) is 0 Å². The van der Waals surface area contributed by atoms with Crippen molar-refractivity contribution < 1.29 is 4.79 Å². The Morgan fingerprint density at radius 3 is 3.00 bits per heavy atom. The number of rotatable bonds is 5. The Morgan fingerprint density at radius 2 is 2.22 bits per heavy atom. The van der Waals surface area contributed by atoms with Crippen molar-refractivity contribution >= 4 is 40.0 Å². The van der Waals surface area contributed by atoms with Crippen molar-refractivity contribution in [2.24, 2.45) is 7.05 Å². The van der Waals surface area contributed by atoms with Gasteiger partial charge in [0.15, 0.2) is 5.65 Å². The summed E-state index contributed by atoms with van der Waals surface area (Å²) in [5.74, 6) is 0.764. The van der Waals surface area contributed by atoms with Gasteiger partial charge < -0.3 is 4.90 Å². The Balaban J connectivity index is 1.68. The molecule has 0 saturated carbocycles. The highest BCUT2D eigenvalue weighted by Gasteiger charge is 2.12. The fraction of sp³-hybridized carbons (Fsp3) is 0.357. The monoisotopic (exact) mass is 348 g/mol. The van der Waals surface area contributed by atoms with E-state index in [0.717, 1.165) is 26.8 Å². The molecule has 0 aliphatic heterocycles. The molecule has 0 atom stereocenters. The maximum absolute atomic E-state index is 11.7. The Kier molecular flexibility index (Phi) is 4.58. The molecule has 0 spiro atoms. The van der Waals surface area contributed by atoms with Gasteiger partial charge in [-0.05, 0) is 0 Å². The lowest BCUT2D eigenvalue weighted by atomic mass is 10.4. The molecule has 3 rings (SSSR count). The van der Waals surface area contributed by atoms with Gasteiger partial charge in [0, 0.05) is 32.3 Å². The van der Waals surface area contributed by atoms with Gasteiger partial charge in [-0.15, -0.1) is 11.3 Å². The second-order valence-corrected chi connectivity index (χ2v) is 7.08. The molecular formula is C14H16N6OS2. The topological polar surface area (TPSA) is 76.8 Å². The zero-order valence-electron chi connectivity index (χ0n) is 13.1. The first-order chi connectivity index (χ1) is 11.0. The predicted molar refractivity (Wildman–Crippen MR) is 90.4 cm³/mol. The van der Waals surface area contributed by atoms with Gasteiger partial charge >= 0.3 is 0 Å². The first-order valence-corrected chi connectivity index (χ1v) is 8.80. The van der Waals surface area contributed by atoms with E-state index >= 15 is 0 Å². The largest absolute Gasteiger partial charge is 0.348 e. The number of hydrogen-bond acceptors (Lipinski definition) is 7. The predicted octanol–water partition coefficient (Wildman–Crippen LogP) is 1.74. The summed E-state index contributed by atoms with van der Waals surface area (Å²) in [5.41, 5.74) is 1.77. The molecule has 0 bridgehead atoms. The SMILES string of the molecule is CN(C)C(=O)Cc1nc(CSc2ncnc3c2cnn3C)cs1. The van der Waals surface area contributed by atoms with Crippen LogP contribution < -0.4 is 0 Å². The standard InChI is InChI=1S/C14H16N6OS2/c1-19(2)12(21)4-11-18-9(6-22-11)7-23-14-10-5-17-20(3)13(10)15-8-16-14/h5-6,8H,4,7H2,1-3H3. The number of carbonyl (C=O) groups excluding carboxylic acids is 1. The van der Waals surface area contributed by atoms with E-state index in [1.165, 1.54) is 11.3 Å². The van der Waals surface area contributed by atoms with Crippen molar-refractivity contribution in [3.63, 3.8) is 0 Å². The first-order valence-electron chi connectivity index (χ1n) is 6.93. The average Bonchev–Trinajstić information content (AvgIpc) is 3.13. The molecule has 120 valence electrons. The molecule has 0 radical (unpaired) electrons. The fourth-order valence-corrected chi connectivity index (χ4v) is 3.73. The molecule has 3 aromatic rings. The highest BCUT2D eigenvalue weighted by molar-refractivity contribution is 7.98. The summed E-state index contributed by atoms with van der Waals surface area (Å²) in [5, 5.41) is 8.88. The van der Waals surface area contributed by atoms with E-state index in [1.54, 1.807) is 48.0 Å². The van der Waals surface area contributed by atoms with Gasteiger partial charge in [-0.1, -0.05) is 11.8 Å². The van der Waals surface area contributed by atoms with Crippen molar-refractivity contribution in [1.82, 2.24) is 29.6 Å². The normalized spacial score (nSPS) is 11.1. The van der Waals surface area contributed by atoms with Crippen molar-refractivity contribution in [2.75, 3.05) is 14.1 Å². The fourth-order valence-electron chi connectivity index (χ4n) is 1.98. The number of amides is 1. The Hall–Kier alpha value is -2.00. The van der Waals surface area contributed by atoms with Crippen LogP contribution in [0.4, 0.5) is 0 Å². The number of fused-ring (bicyclic) bond motifs is 1. The second kappa shape index (κ2) is 6.63. The lowest BCUT2D eigenvalue weighted by Crippen LogP contribution is -2.23. The molecule has 3 heterocycles. The van der Waals surface area contributed by atoms with Crippen LogP contribution in [-0.4, -0.2) is 49.6 Å². The van der Waals surface area contributed by atoms with Crippen molar-refractivity contribution in [3.8, 4) is 0 Å². The van der Waals surface area contributed by atoms with Crippen LogP contribution in [0.15, 0.2) is 22.9 Å². The molecule has 0 aliphatic carbocycles. The van der Waals surface area contributed by atoms with E-state index in [4.69, 9.17) is 0 Å². The minimum absolute atomic E-state index is 0.0615. The van der Waals surface area contributed by atoms with Gasteiger partial charge in [0.2, 0.25) is 5.91 Å². The Bertz CT molecular complexity index is 841. The molecule has 7 nitrogen and oxygen atoms in total. The minimum atomic E-state index is 0.0615. The van der Waals surface area contributed by atoms with Crippen molar-refractivity contribution in [2.45, 2.75) is 17.2 Å². The summed E-state index contributed by atoms with van der Waals surface area (Å²) in [6.07, 6.45) is 3.68. The van der Waals surface area contributed by atoms with Crippen LogP contribution in [0.5, 0.6) is 0 Å². The molecule has 0 aliphatic rings. The van der Waals surface area contributed by atoms with Gasteiger partial charge in [-0.3, -0.25) is 9.48 Å². The molecule has 1 amide bonds. The lowest BCUT2D eigenvalue weighted by Gasteiger charge is -2.07. The van der Waals surface area contributed by atoms with Gasteiger partial charge in [-0.2, -0.15) is 5.10 Å². The number of likely N-dealkylation sites (N-methyl/N-ethyl adjacent to an activating group) is 1. The number of nitrogens with zero attached hydrogens (tertiary/aromatic N) is 6. The van der Waals surface area contributed by atoms with Crippen LogP contribution in [0.25, 0.3) is 11.0 Å². The summed E-state index contributed by atoms with van der Waals surface area (Å²) in [6, 6.07) is 0. The molecule has 23 heavy (non-hydrogen) atoms. The van der Waals surface area contributed by atoms with Crippen LogP contribution in [0.2, 0.25) is 0 Å². The summed E-state index contributed by atoms with van der Waals surface area (Å²) in [6.45, 7) is 0. The summed E-state index contributed by atoms with van der Waals surface area (Å²) >= 11 is 3.12. The van der Waals surface area contributed by atoms with Crippen molar-refractivity contribution in [3.05, 3.63) is 28.6 Å². The Morgan fingerprint density at radius 1 is 1.39 bits per heavy atom. The van der Waals surface area contributed by atoms with E-state index in [-0.39, 0.29) is 5.91 Å². The van der Waals surface area contributed by atoms with Gasteiger partial charge in [0.25, 0.3) is 0 Å². The number of aryl methyl sites for hydroxylation is 1. The van der Waals surface area contributed by atoms with E-state index in [0.29, 0.717) is 12.2 Å². The van der Waals surface area contributed by atoms with E-state index in [9.17, 15) is 4.79 Å². The van der Waals surface area contributed by atoms with Gasteiger partial charge in [-0.25, -0.2) is 15.0 Å². The maximum Gasteiger partial charge on any atom is 0.228 e. The van der Waals surface area contributed by atoms with Crippen LogP contribution in [0.1, 0.15) is 10.7 Å². The molecule has 0 fully saturated rings. The molecule has 0 unspecified atom stereocenters. The number of aromatic nitrogens is 5. The maximum atomic E-state index is 11.7. The van der Waals surface area contributed by atoms with E-state index in [1.807, 2.05) is 12.4 Å². The molecule has 0 saturated heterocycles. The third-order valence-electron chi connectivity index (χ3n) is 3.25. The van der Waals surface area contributed by atoms with Gasteiger partial charge in [0.05, 0.1) is 23.7 Å².